The van der Waals surface area contributed by atoms with Gasteiger partial charge in [-0.1, -0.05) is 56.3 Å². The number of fused-ring (bicyclic) bond motifs is 3. The van der Waals surface area contributed by atoms with E-state index in [2.05, 4.69) is 119 Å². The summed E-state index contributed by atoms with van der Waals surface area (Å²) in [6.45, 7) is 13.1. The number of nitrogens with zero attached hydrogens (tertiary/aromatic N) is 4. The van der Waals surface area contributed by atoms with E-state index in [0.717, 1.165) is 50.8 Å². The van der Waals surface area contributed by atoms with Gasteiger partial charge >= 0.3 is 0 Å². The van der Waals surface area contributed by atoms with Gasteiger partial charge in [-0.05, 0) is 98.3 Å². The Bertz CT molecular complexity index is 2180. The van der Waals surface area contributed by atoms with Crippen LogP contribution in [0.15, 0.2) is 103 Å². The van der Waals surface area contributed by atoms with Crippen LogP contribution < -0.4 is 4.74 Å². The van der Waals surface area contributed by atoms with Crippen LogP contribution in [0.2, 0.25) is 0 Å². The third kappa shape index (κ3) is 4.65. The SMILES string of the molecule is Cc1ccnc(-n2c3ccccc3c3ccc(Oc4cccc(-n5nc(C)c(-c6c(C)cccc6C(C)C)c5C)c4)cc32)c1. The van der Waals surface area contributed by atoms with E-state index in [0.29, 0.717) is 5.92 Å². The summed E-state index contributed by atoms with van der Waals surface area (Å²) in [5, 5.41) is 7.37. The first kappa shape index (κ1) is 27.7. The number of ether oxygens (including phenoxy) is 1. The topological polar surface area (TPSA) is 44.9 Å². The van der Waals surface area contributed by atoms with Gasteiger partial charge in [0.05, 0.1) is 22.4 Å². The maximum Gasteiger partial charge on any atom is 0.137 e. The second-order valence-corrected chi connectivity index (χ2v) is 12.0. The highest BCUT2D eigenvalue weighted by molar-refractivity contribution is 6.09. The van der Waals surface area contributed by atoms with E-state index >= 15 is 0 Å². The number of aryl methyl sites for hydroxylation is 3. The van der Waals surface area contributed by atoms with Gasteiger partial charge in [0.1, 0.15) is 17.3 Å². The highest BCUT2D eigenvalue weighted by atomic mass is 16.5. The van der Waals surface area contributed by atoms with Gasteiger partial charge in [-0.25, -0.2) is 9.67 Å². The Balaban J connectivity index is 1.29. The Kier molecular flexibility index (Phi) is 6.81. The molecule has 0 aliphatic rings. The molecule has 44 heavy (non-hydrogen) atoms. The lowest BCUT2D eigenvalue weighted by Crippen LogP contribution is -2.00. The van der Waals surface area contributed by atoms with Crippen molar-refractivity contribution in [3.8, 4) is 34.1 Å². The lowest BCUT2D eigenvalue weighted by Gasteiger charge is -2.16. The fourth-order valence-corrected chi connectivity index (χ4v) is 6.49. The molecule has 0 saturated heterocycles. The zero-order chi connectivity index (χ0) is 30.5. The quantitative estimate of drug-likeness (QED) is 0.198. The van der Waals surface area contributed by atoms with Crippen LogP contribution in [0.4, 0.5) is 0 Å². The van der Waals surface area contributed by atoms with Crippen molar-refractivity contribution in [3.05, 3.63) is 131 Å². The minimum absolute atomic E-state index is 0.418. The van der Waals surface area contributed by atoms with Gasteiger partial charge in [0, 0.05) is 40.4 Å². The van der Waals surface area contributed by atoms with E-state index in [1.54, 1.807) is 0 Å². The van der Waals surface area contributed by atoms with Crippen LogP contribution in [-0.4, -0.2) is 19.3 Å². The molecule has 0 aliphatic carbocycles. The predicted molar refractivity (Wildman–Crippen MR) is 181 cm³/mol. The molecule has 5 heteroatoms. The van der Waals surface area contributed by atoms with Crippen LogP contribution in [0.1, 0.15) is 47.8 Å². The molecule has 0 amide bonds. The predicted octanol–water partition coefficient (Wildman–Crippen LogP) is 10.2. The average molecular weight is 577 g/mol. The Labute approximate surface area is 258 Å². The van der Waals surface area contributed by atoms with Gasteiger partial charge in [-0.2, -0.15) is 5.10 Å². The van der Waals surface area contributed by atoms with E-state index in [-0.39, 0.29) is 0 Å². The number of benzene rings is 4. The Hall–Kier alpha value is -5.16. The van der Waals surface area contributed by atoms with E-state index in [1.165, 1.54) is 33.2 Å². The van der Waals surface area contributed by atoms with Gasteiger partial charge in [-0.3, -0.25) is 4.57 Å². The molecule has 7 rings (SSSR count). The number of hydrogen-bond donors (Lipinski definition) is 0. The molecule has 0 bridgehead atoms. The van der Waals surface area contributed by atoms with Crippen LogP contribution in [0, 0.1) is 27.7 Å². The summed E-state index contributed by atoms with van der Waals surface area (Å²) >= 11 is 0. The van der Waals surface area contributed by atoms with Crippen molar-refractivity contribution in [1.82, 2.24) is 19.3 Å². The summed E-state index contributed by atoms with van der Waals surface area (Å²) in [5.74, 6) is 2.83. The van der Waals surface area contributed by atoms with Crippen molar-refractivity contribution in [3.63, 3.8) is 0 Å². The normalized spacial score (nSPS) is 11.6. The smallest absolute Gasteiger partial charge is 0.137 e. The summed E-state index contributed by atoms with van der Waals surface area (Å²) in [6.07, 6.45) is 1.87. The maximum atomic E-state index is 6.52. The molecule has 0 saturated carbocycles. The maximum absolute atomic E-state index is 6.52. The van der Waals surface area contributed by atoms with Gasteiger partial charge < -0.3 is 4.74 Å². The van der Waals surface area contributed by atoms with E-state index in [4.69, 9.17) is 14.8 Å². The van der Waals surface area contributed by atoms with Crippen LogP contribution in [0.5, 0.6) is 11.5 Å². The Morgan fingerprint density at radius 1 is 0.682 bits per heavy atom. The molecule has 5 nitrogen and oxygen atoms in total. The molecule has 0 spiro atoms. The molecule has 0 radical (unpaired) electrons. The van der Waals surface area contributed by atoms with Crippen molar-refractivity contribution in [2.75, 3.05) is 0 Å². The molecule has 3 aromatic heterocycles. The molecule has 0 unspecified atom stereocenters. The van der Waals surface area contributed by atoms with Crippen LogP contribution >= 0.6 is 0 Å². The third-order valence-corrected chi connectivity index (χ3v) is 8.54. The number of pyridine rings is 1. The second kappa shape index (κ2) is 10.8. The number of hydrogen-bond acceptors (Lipinski definition) is 3. The summed E-state index contributed by atoms with van der Waals surface area (Å²) in [6, 6.07) is 33.7. The van der Waals surface area contributed by atoms with Crippen molar-refractivity contribution in [2.45, 2.75) is 47.5 Å². The highest BCUT2D eigenvalue weighted by Crippen LogP contribution is 2.38. The molecule has 0 N–H and O–H groups in total. The Morgan fingerprint density at radius 3 is 2.27 bits per heavy atom. The second-order valence-electron chi connectivity index (χ2n) is 12.0. The summed E-state index contributed by atoms with van der Waals surface area (Å²) in [7, 11) is 0. The van der Waals surface area contributed by atoms with Crippen molar-refractivity contribution in [2.24, 2.45) is 0 Å². The number of aromatic nitrogens is 4. The molecular weight excluding hydrogens is 540 g/mol. The van der Waals surface area contributed by atoms with E-state index < -0.39 is 0 Å². The van der Waals surface area contributed by atoms with Crippen molar-refractivity contribution >= 4 is 21.8 Å². The van der Waals surface area contributed by atoms with Crippen LogP contribution in [0.3, 0.4) is 0 Å². The standard InChI is InChI=1S/C39H36N4O/c1-24(2)32-15-9-11-26(4)38(32)39-27(5)41-43(28(39)6)29-12-10-13-30(22-29)44-31-17-18-34-33-14-7-8-16-35(33)42(36(34)23-31)37-21-25(3)19-20-40-37/h7-24H,1-6H3. The number of rotatable bonds is 6. The molecule has 7 aromatic rings. The highest BCUT2D eigenvalue weighted by Gasteiger charge is 2.21. The Morgan fingerprint density at radius 2 is 1.45 bits per heavy atom. The van der Waals surface area contributed by atoms with E-state index in [1.807, 2.05) is 35.1 Å². The zero-order valence-corrected chi connectivity index (χ0v) is 26.1. The first-order valence-corrected chi connectivity index (χ1v) is 15.2. The zero-order valence-electron chi connectivity index (χ0n) is 26.1. The van der Waals surface area contributed by atoms with Gasteiger partial charge in [0.15, 0.2) is 0 Å². The summed E-state index contributed by atoms with van der Waals surface area (Å²) in [5.41, 5.74) is 11.6. The largest absolute Gasteiger partial charge is 0.457 e. The first-order chi connectivity index (χ1) is 21.3. The van der Waals surface area contributed by atoms with Gasteiger partial charge in [0.25, 0.3) is 0 Å². The molecule has 0 fully saturated rings. The van der Waals surface area contributed by atoms with Crippen molar-refractivity contribution < 1.29 is 4.74 Å². The molecule has 0 aliphatic heterocycles. The fraction of sp³-hybridized carbons (Fsp3) is 0.179. The summed E-state index contributed by atoms with van der Waals surface area (Å²) < 4.78 is 10.8. The molecule has 0 atom stereocenters. The molecule has 4 aromatic carbocycles. The minimum atomic E-state index is 0.418. The fourth-order valence-electron chi connectivity index (χ4n) is 6.49. The number of para-hydroxylation sites is 1. The molecular formula is C39H36N4O. The monoisotopic (exact) mass is 576 g/mol. The molecule has 3 heterocycles. The van der Waals surface area contributed by atoms with Crippen molar-refractivity contribution in [1.29, 1.82) is 0 Å². The average Bonchev–Trinajstić information content (AvgIpc) is 3.50. The minimum Gasteiger partial charge on any atom is -0.457 e. The van der Waals surface area contributed by atoms with Gasteiger partial charge in [0.2, 0.25) is 0 Å². The lowest BCUT2D eigenvalue weighted by atomic mass is 9.88. The first-order valence-electron chi connectivity index (χ1n) is 15.2. The van der Waals surface area contributed by atoms with Crippen LogP contribution in [-0.2, 0) is 0 Å². The molecule has 218 valence electrons. The van der Waals surface area contributed by atoms with Crippen LogP contribution in [0.25, 0.3) is 44.4 Å². The van der Waals surface area contributed by atoms with Gasteiger partial charge in [-0.15, -0.1) is 0 Å². The summed E-state index contributed by atoms with van der Waals surface area (Å²) in [4.78, 5) is 4.71. The van der Waals surface area contributed by atoms with E-state index in [9.17, 15) is 0 Å². The third-order valence-electron chi connectivity index (χ3n) is 8.54. The lowest BCUT2D eigenvalue weighted by molar-refractivity contribution is 0.483.